The second kappa shape index (κ2) is 7.22. The number of nitrogens with one attached hydrogen (secondary N) is 1. The van der Waals surface area contributed by atoms with Crippen molar-refractivity contribution in [3.05, 3.63) is 0 Å². The highest BCUT2D eigenvalue weighted by Gasteiger charge is 2.19. The van der Waals surface area contributed by atoms with Crippen molar-refractivity contribution in [2.24, 2.45) is 0 Å². The molecule has 16 heavy (non-hydrogen) atoms. The van der Waals surface area contributed by atoms with Crippen LogP contribution in [0.3, 0.4) is 0 Å². The van der Waals surface area contributed by atoms with Crippen LogP contribution in [0.1, 0.15) is 27.2 Å². The summed E-state index contributed by atoms with van der Waals surface area (Å²) in [5.41, 5.74) is 0. The molecule has 0 saturated carbocycles. The van der Waals surface area contributed by atoms with Crippen LogP contribution in [0.5, 0.6) is 0 Å². The van der Waals surface area contributed by atoms with E-state index < -0.39 is 0 Å². The molecule has 0 aliphatic rings. The normalized spacial score (nSPS) is 14.1. The molecule has 5 heteroatoms. The smallest absolute Gasteiger partial charge is 0.307 e. The Labute approximate surface area is 97.1 Å². The van der Waals surface area contributed by atoms with E-state index in [4.69, 9.17) is 0 Å². The monoisotopic (exact) mass is 230 g/mol. The Morgan fingerprint density at radius 3 is 2.38 bits per heavy atom. The van der Waals surface area contributed by atoms with Crippen molar-refractivity contribution in [1.29, 1.82) is 0 Å². The minimum Gasteiger partial charge on any atom is -0.469 e. The second-order valence-corrected chi connectivity index (χ2v) is 3.92. The van der Waals surface area contributed by atoms with Gasteiger partial charge in [-0.15, -0.1) is 0 Å². The maximum atomic E-state index is 11.7. The molecule has 0 aromatic rings. The average Bonchev–Trinajstić information content (AvgIpc) is 2.26. The second-order valence-electron chi connectivity index (χ2n) is 3.92. The van der Waals surface area contributed by atoms with E-state index in [-0.39, 0.29) is 30.4 Å². The molecule has 2 atom stereocenters. The minimum atomic E-state index is -0.287. The number of nitrogens with zero attached hydrogens (tertiary/aromatic N) is 1. The number of methoxy groups -OCH3 is 1. The molecule has 2 unspecified atom stereocenters. The van der Waals surface area contributed by atoms with Crippen LogP contribution in [-0.2, 0) is 14.3 Å². The number of esters is 1. The van der Waals surface area contributed by atoms with E-state index in [9.17, 15) is 9.59 Å². The third kappa shape index (κ3) is 5.11. The quantitative estimate of drug-likeness (QED) is 0.671. The summed E-state index contributed by atoms with van der Waals surface area (Å²) in [4.78, 5) is 24.4. The molecule has 0 aliphatic heterocycles. The van der Waals surface area contributed by atoms with Gasteiger partial charge in [0.05, 0.1) is 19.6 Å². The lowest BCUT2D eigenvalue weighted by molar-refractivity contribution is -0.141. The van der Waals surface area contributed by atoms with E-state index >= 15 is 0 Å². The van der Waals surface area contributed by atoms with Gasteiger partial charge >= 0.3 is 5.97 Å². The lowest BCUT2D eigenvalue weighted by Crippen LogP contribution is -2.46. The maximum absolute atomic E-state index is 11.7. The molecule has 0 heterocycles. The Kier molecular flexibility index (Phi) is 6.72. The van der Waals surface area contributed by atoms with Gasteiger partial charge in [0, 0.05) is 19.6 Å². The topological polar surface area (TPSA) is 58.6 Å². The van der Waals surface area contributed by atoms with Crippen molar-refractivity contribution in [3.63, 3.8) is 0 Å². The largest absolute Gasteiger partial charge is 0.469 e. The summed E-state index contributed by atoms with van der Waals surface area (Å²) in [5, 5.41) is 3.07. The standard InChI is InChI=1S/C11H22N2O3/c1-6-13(4)11(15)9(3)12-8(2)7-10(14)16-5/h8-9,12H,6-7H2,1-5H3. The molecule has 1 amide bonds. The molecule has 1 N–H and O–H groups in total. The van der Waals surface area contributed by atoms with Crippen LogP contribution in [-0.4, -0.2) is 49.6 Å². The molecule has 0 aromatic heterocycles. The van der Waals surface area contributed by atoms with Crippen LogP contribution in [0.4, 0.5) is 0 Å². The number of carbonyl (C=O) groups excluding carboxylic acids is 2. The molecule has 94 valence electrons. The predicted octanol–water partition coefficient (Wildman–Crippen LogP) is 0.394. The zero-order valence-corrected chi connectivity index (χ0v) is 10.7. The first-order valence-electron chi connectivity index (χ1n) is 5.50. The highest BCUT2D eigenvalue weighted by atomic mass is 16.5. The molecule has 0 spiro atoms. The van der Waals surface area contributed by atoms with Crippen LogP contribution in [0.25, 0.3) is 0 Å². The van der Waals surface area contributed by atoms with E-state index in [2.05, 4.69) is 10.1 Å². The number of carbonyl (C=O) groups is 2. The van der Waals surface area contributed by atoms with Gasteiger partial charge in [0.1, 0.15) is 0 Å². The Morgan fingerprint density at radius 1 is 1.38 bits per heavy atom. The van der Waals surface area contributed by atoms with Gasteiger partial charge in [-0.3, -0.25) is 9.59 Å². The van der Waals surface area contributed by atoms with Gasteiger partial charge in [-0.2, -0.15) is 0 Å². The molecule has 0 rings (SSSR count). The lowest BCUT2D eigenvalue weighted by Gasteiger charge is -2.23. The van der Waals surface area contributed by atoms with Crippen LogP contribution in [0, 0.1) is 0 Å². The molecule has 0 radical (unpaired) electrons. The minimum absolute atomic E-state index is 0.0271. The Morgan fingerprint density at radius 2 is 1.94 bits per heavy atom. The third-order valence-electron chi connectivity index (χ3n) is 2.46. The SMILES string of the molecule is CCN(C)C(=O)C(C)NC(C)CC(=O)OC. The summed E-state index contributed by atoms with van der Waals surface area (Å²) >= 11 is 0. The Bertz CT molecular complexity index is 243. The zero-order chi connectivity index (χ0) is 12.7. The van der Waals surface area contributed by atoms with Crippen LogP contribution < -0.4 is 5.32 Å². The highest BCUT2D eigenvalue weighted by Crippen LogP contribution is 1.98. The molecule has 0 bridgehead atoms. The van der Waals surface area contributed by atoms with Crippen molar-refractivity contribution in [1.82, 2.24) is 10.2 Å². The van der Waals surface area contributed by atoms with E-state index in [1.54, 1.807) is 18.9 Å². The number of likely N-dealkylation sites (N-methyl/N-ethyl adjacent to an activating group) is 1. The molecule has 5 nitrogen and oxygen atoms in total. The molecule has 0 aromatic carbocycles. The van der Waals surface area contributed by atoms with Gasteiger partial charge in [-0.1, -0.05) is 0 Å². The van der Waals surface area contributed by atoms with E-state index in [0.29, 0.717) is 6.54 Å². The summed E-state index contributed by atoms with van der Waals surface area (Å²) in [7, 11) is 3.11. The first kappa shape index (κ1) is 14.9. The first-order valence-corrected chi connectivity index (χ1v) is 5.50. The summed E-state index contributed by atoms with van der Waals surface area (Å²) in [6, 6.07) is -0.360. The van der Waals surface area contributed by atoms with Crippen LogP contribution >= 0.6 is 0 Å². The maximum Gasteiger partial charge on any atom is 0.307 e. The number of rotatable bonds is 6. The Balaban J connectivity index is 4.08. The molecular weight excluding hydrogens is 208 g/mol. The van der Waals surface area contributed by atoms with Crippen LogP contribution in [0.15, 0.2) is 0 Å². The molecule has 0 fully saturated rings. The number of amides is 1. The van der Waals surface area contributed by atoms with Gasteiger partial charge in [0.2, 0.25) is 5.91 Å². The summed E-state index contributed by atoms with van der Waals surface area (Å²) in [5.74, 6) is -0.247. The van der Waals surface area contributed by atoms with E-state index in [0.717, 1.165) is 0 Å². The third-order valence-corrected chi connectivity index (χ3v) is 2.46. The van der Waals surface area contributed by atoms with Crippen molar-refractivity contribution in [2.45, 2.75) is 39.3 Å². The van der Waals surface area contributed by atoms with Gasteiger partial charge in [0.25, 0.3) is 0 Å². The first-order chi connectivity index (χ1) is 7.42. The van der Waals surface area contributed by atoms with Gasteiger partial charge in [0.15, 0.2) is 0 Å². The fourth-order valence-electron chi connectivity index (χ4n) is 1.38. The van der Waals surface area contributed by atoms with Crippen molar-refractivity contribution in [3.8, 4) is 0 Å². The summed E-state index contributed by atoms with van der Waals surface area (Å²) in [6.07, 6.45) is 0.268. The summed E-state index contributed by atoms with van der Waals surface area (Å²) < 4.78 is 4.56. The van der Waals surface area contributed by atoms with Crippen molar-refractivity contribution >= 4 is 11.9 Å². The Hall–Kier alpha value is -1.10. The zero-order valence-electron chi connectivity index (χ0n) is 10.7. The fourth-order valence-corrected chi connectivity index (χ4v) is 1.38. The van der Waals surface area contributed by atoms with E-state index in [1.165, 1.54) is 7.11 Å². The lowest BCUT2D eigenvalue weighted by atomic mass is 10.2. The van der Waals surface area contributed by atoms with Gasteiger partial charge in [-0.25, -0.2) is 0 Å². The van der Waals surface area contributed by atoms with Gasteiger partial charge < -0.3 is 15.0 Å². The average molecular weight is 230 g/mol. The summed E-state index contributed by atoms with van der Waals surface area (Å²) in [6.45, 7) is 6.24. The van der Waals surface area contributed by atoms with Gasteiger partial charge in [-0.05, 0) is 20.8 Å². The highest BCUT2D eigenvalue weighted by molar-refractivity contribution is 5.81. The van der Waals surface area contributed by atoms with Crippen LogP contribution in [0.2, 0.25) is 0 Å². The molecule has 0 aliphatic carbocycles. The number of hydrogen-bond acceptors (Lipinski definition) is 4. The molecule has 0 saturated heterocycles. The van der Waals surface area contributed by atoms with Crippen molar-refractivity contribution < 1.29 is 14.3 Å². The number of ether oxygens (including phenoxy) is 1. The number of hydrogen-bond donors (Lipinski definition) is 1. The fraction of sp³-hybridized carbons (Fsp3) is 0.818. The van der Waals surface area contributed by atoms with E-state index in [1.807, 2.05) is 13.8 Å². The molecular formula is C11H22N2O3. The predicted molar refractivity (Wildman–Crippen MR) is 62.0 cm³/mol. The van der Waals surface area contributed by atoms with Crippen molar-refractivity contribution in [2.75, 3.05) is 20.7 Å².